The monoisotopic (exact) mass is 328 g/mol. The van der Waals surface area contributed by atoms with Crippen LogP contribution in [-0.2, 0) is 24.9 Å². The van der Waals surface area contributed by atoms with Crippen molar-refractivity contribution < 1.29 is 4.79 Å². The summed E-state index contributed by atoms with van der Waals surface area (Å²) in [6.45, 7) is 5.75. The zero-order valence-corrected chi connectivity index (χ0v) is 14.5. The van der Waals surface area contributed by atoms with Crippen LogP contribution in [0.4, 0.5) is 0 Å². The second-order valence-electron chi connectivity index (χ2n) is 6.40. The van der Waals surface area contributed by atoms with Crippen LogP contribution in [0.2, 0.25) is 0 Å². The van der Waals surface area contributed by atoms with Gasteiger partial charge in [0.1, 0.15) is 5.82 Å². The fourth-order valence-corrected chi connectivity index (χ4v) is 3.24. The molecule has 128 valence electrons. The molecule has 0 aromatic carbocycles. The summed E-state index contributed by atoms with van der Waals surface area (Å²) in [4.78, 5) is 27.1. The van der Waals surface area contributed by atoms with Crippen molar-refractivity contribution in [3.8, 4) is 0 Å². The molecular weight excluding hydrogens is 304 g/mol. The third kappa shape index (κ3) is 3.79. The predicted octanol–water partition coefficient (Wildman–Crippen LogP) is 1.49. The average Bonchev–Trinajstić information content (AvgIpc) is 3.15. The van der Waals surface area contributed by atoms with E-state index in [0.717, 1.165) is 48.7 Å². The average molecular weight is 328 g/mol. The van der Waals surface area contributed by atoms with E-state index in [1.165, 1.54) is 6.92 Å². The number of amides is 1. The Kier molecular flexibility index (Phi) is 4.89. The molecule has 0 aliphatic carbocycles. The molecule has 1 amide bonds. The van der Waals surface area contributed by atoms with Crippen LogP contribution in [0.3, 0.4) is 0 Å². The van der Waals surface area contributed by atoms with Crippen LogP contribution in [0.1, 0.15) is 48.6 Å². The first-order chi connectivity index (χ1) is 11.5. The van der Waals surface area contributed by atoms with E-state index in [0.29, 0.717) is 6.54 Å². The summed E-state index contributed by atoms with van der Waals surface area (Å²) >= 11 is 0. The Morgan fingerprint density at radius 3 is 2.96 bits per heavy atom. The van der Waals surface area contributed by atoms with Crippen LogP contribution in [0.5, 0.6) is 0 Å². The third-order valence-corrected chi connectivity index (χ3v) is 4.35. The number of likely N-dealkylation sites (tertiary alicyclic amines) is 1. The summed E-state index contributed by atoms with van der Waals surface area (Å²) in [6.07, 6.45) is 7.93. The van der Waals surface area contributed by atoms with Gasteiger partial charge in [-0.15, -0.1) is 0 Å². The highest BCUT2D eigenvalue weighted by Gasteiger charge is 2.29. The maximum absolute atomic E-state index is 11.3. The molecule has 1 saturated heterocycles. The molecule has 0 spiro atoms. The summed E-state index contributed by atoms with van der Waals surface area (Å²) in [5.41, 5.74) is 3.09. The van der Waals surface area contributed by atoms with Gasteiger partial charge in [-0.05, 0) is 26.3 Å². The molecule has 0 radical (unpaired) electrons. The van der Waals surface area contributed by atoms with Gasteiger partial charge in [-0.1, -0.05) is 0 Å². The van der Waals surface area contributed by atoms with Crippen molar-refractivity contribution in [3.63, 3.8) is 0 Å². The van der Waals surface area contributed by atoms with Gasteiger partial charge in [-0.25, -0.2) is 15.0 Å². The second-order valence-corrected chi connectivity index (χ2v) is 6.40. The molecule has 2 aromatic heterocycles. The number of rotatable bonds is 5. The zero-order chi connectivity index (χ0) is 17.1. The maximum Gasteiger partial charge on any atom is 0.217 e. The minimum Gasteiger partial charge on any atom is -0.352 e. The van der Waals surface area contributed by atoms with Crippen molar-refractivity contribution in [2.24, 2.45) is 7.05 Å². The van der Waals surface area contributed by atoms with Gasteiger partial charge < -0.3 is 9.88 Å². The Morgan fingerprint density at radius 1 is 1.42 bits per heavy atom. The maximum atomic E-state index is 11.3. The van der Waals surface area contributed by atoms with E-state index in [1.54, 1.807) is 0 Å². The number of hydrogen-bond acceptors (Lipinski definition) is 5. The van der Waals surface area contributed by atoms with Crippen molar-refractivity contribution in [2.45, 2.75) is 45.8 Å². The number of carbonyl (C=O) groups is 1. The molecule has 1 atom stereocenters. The van der Waals surface area contributed by atoms with Crippen molar-refractivity contribution in [1.82, 2.24) is 29.7 Å². The lowest BCUT2D eigenvalue weighted by Crippen LogP contribution is -2.27. The normalized spacial score (nSPS) is 18.0. The van der Waals surface area contributed by atoms with Gasteiger partial charge in [0, 0.05) is 45.0 Å². The SMILES string of the molecule is CC(=O)NCc1cnc(C)nc1[C@@H]1CCCN1Cc1cn(C)cn1. The van der Waals surface area contributed by atoms with E-state index in [2.05, 4.69) is 26.4 Å². The number of hydrogen-bond donors (Lipinski definition) is 1. The quantitative estimate of drug-likeness (QED) is 0.900. The van der Waals surface area contributed by atoms with Crippen molar-refractivity contribution in [1.29, 1.82) is 0 Å². The highest BCUT2D eigenvalue weighted by molar-refractivity contribution is 5.72. The molecule has 0 unspecified atom stereocenters. The number of carbonyl (C=O) groups excluding carboxylic acids is 1. The van der Waals surface area contributed by atoms with Crippen LogP contribution < -0.4 is 5.32 Å². The van der Waals surface area contributed by atoms with Crippen LogP contribution in [0.25, 0.3) is 0 Å². The second kappa shape index (κ2) is 7.09. The number of aryl methyl sites for hydroxylation is 2. The Morgan fingerprint density at radius 2 is 2.25 bits per heavy atom. The lowest BCUT2D eigenvalue weighted by molar-refractivity contribution is -0.119. The van der Waals surface area contributed by atoms with Gasteiger partial charge >= 0.3 is 0 Å². The predicted molar refractivity (Wildman–Crippen MR) is 89.9 cm³/mol. The number of nitrogens with zero attached hydrogens (tertiary/aromatic N) is 5. The number of imidazole rings is 1. The molecular formula is C17H24N6O. The Bertz CT molecular complexity index is 726. The van der Waals surface area contributed by atoms with Gasteiger partial charge in [0.05, 0.1) is 23.8 Å². The lowest BCUT2D eigenvalue weighted by atomic mass is 10.1. The summed E-state index contributed by atoms with van der Waals surface area (Å²) in [7, 11) is 1.98. The zero-order valence-electron chi connectivity index (χ0n) is 14.5. The Balaban J connectivity index is 1.82. The van der Waals surface area contributed by atoms with Gasteiger partial charge in [0.15, 0.2) is 0 Å². The highest BCUT2D eigenvalue weighted by atomic mass is 16.1. The van der Waals surface area contributed by atoms with E-state index < -0.39 is 0 Å². The van der Waals surface area contributed by atoms with Crippen molar-refractivity contribution in [2.75, 3.05) is 6.54 Å². The Hall–Kier alpha value is -2.28. The number of aromatic nitrogens is 4. The molecule has 0 saturated carbocycles. The van der Waals surface area contributed by atoms with E-state index in [-0.39, 0.29) is 11.9 Å². The first-order valence-electron chi connectivity index (χ1n) is 8.30. The minimum atomic E-state index is -0.0433. The van der Waals surface area contributed by atoms with E-state index in [1.807, 2.05) is 31.1 Å². The van der Waals surface area contributed by atoms with Gasteiger partial charge in [-0.2, -0.15) is 0 Å². The Labute approximate surface area is 142 Å². The molecule has 3 rings (SSSR count). The van der Waals surface area contributed by atoms with E-state index in [9.17, 15) is 4.79 Å². The third-order valence-electron chi connectivity index (χ3n) is 4.35. The summed E-state index contributed by atoms with van der Waals surface area (Å²) < 4.78 is 1.97. The molecule has 24 heavy (non-hydrogen) atoms. The standard InChI is InChI=1S/C17H24N6O/c1-12-18-7-14(8-19-13(2)24)17(21-12)16-5-4-6-23(16)10-15-9-22(3)11-20-15/h7,9,11,16H,4-6,8,10H2,1-3H3,(H,19,24)/t16-/m0/s1. The molecule has 3 heterocycles. The minimum absolute atomic E-state index is 0.0433. The van der Waals surface area contributed by atoms with Gasteiger partial charge in [0.25, 0.3) is 0 Å². The lowest BCUT2D eigenvalue weighted by Gasteiger charge is -2.25. The molecule has 2 aromatic rings. The summed E-state index contributed by atoms with van der Waals surface area (Å²) in [5, 5.41) is 2.86. The summed E-state index contributed by atoms with van der Waals surface area (Å²) in [5.74, 6) is 0.722. The fraction of sp³-hybridized carbons (Fsp3) is 0.529. The van der Waals surface area contributed by atoms with Crippen LogP contribution in [0.15, 0.2) is 18.7 Å². The van der Waals surface area contributed by atoms with E-state index >= 15 is 0 Å². The van der Waals surface area contributed by atoms with Crippen LogP contribution in [-0.4, -0.2) is 36.9 Å². The van der Waals surface area contributed by atoms with Gasteiger partial charge in [-0.3, -0.25) is 9.69 Å². The smallest absolute Gasteiger partial charge is 0.217 e. The first-order valence-corrected chi connectivity index (χ1v) is 8.30. The fourth-order valence-electron chi connectivity index (χ4n) is 3.24. The first kappa shape index (κ1) is 16.6. The van der Waals surface area contributed by atoms with E-state index in [4.69, 9.17) is 4.98 Å². The highest BCUT2D eigenvalue weighted by Crippen LogP contribution is 2.33. The van der Waals surface area contributed by atoms with Crippen LogP contribution in [0, 0.1) is 6.92 Å². The largest absolute Gasteiger partial charge is 0.352 e. The topological polar surface area (TPSA) is 75.9 Å². The molecule has 1 aliphatic rings. The van der Waals surface area contributed by atoms with Crippen molar-refractivity contribution >= 4 is 5.91 Å². The molecule has 0 bridgehead atoms. The summed E-state index contributed by atoms with van der Waals surface area (Å²) in [6, 6.07) is 0.248. The molecule has 1 N–H and O–H groups in total. The molecule has 1 aliphatic heterocycles. The molecule has 1 fully saturated rings. The van der Waals surface area contributed by atoms with Gasteiger partial charge in [0.2, 0.25) is 5.91 Å². The van der Waals surface area contributed by atoms with Crippen LogP contribution >= 0.6 is 0 Å². The number of nitrogens with one attached hydrogen (secondary N) is 1. The molecule has 7 heteroatoms. The van der Waals surface area contributed by atoms with Crippen molar-refractivity contribution in [3.05, 3.63) is 41.5 Å². The molecule has 7 nitrogen and oxygen atoms in total.